The van der Waals surface area contributed by atoms with Gasteiger partial charge >= 0.3 is 12.1 Å². The molecule has 2 heterocycles. The topological polar surface area (TPSA) is 126 Å². The summed E-state index contributed by atoms with van der Waals surface area (Å²) in [5.74, 6) is 1.32. The van der Waals surface area contributed by atoms with Gasteiger partial charge in [-0.05, 0) is 60.2 Å². The average molecular weight is 629 g/mol. The summed E-state index contributed by atoms with van der Waals surface area (Å²) in [6.45, 7) is 0.743. The van der Waals surface area contributed by atoms with E-state index in [2.05, 4.69) is 20.3 Å². The van der Waals surface area contributed by atoms with Crippen LogP contribution in [0.15, 0.2) is 73.3 Å². The molecule has 0 bridgehead atoms. The number of halogens is 4. The number of alkyl halides is 3. The Bertz CT molecular complexity index is 1800. The fourth-order valence-electron chi connectivity index (χ4n) is 4.31. The van der Waals surface area contributed by atoms with Crippen LogP contribution in [-0.2, 0) is 12.7 Å². The van der Waals surface area contributed by atoms with Crippen molar-refractivity contribution in [3.05, 3.63) is 94.0 Å². The van der Waals surface area contributed by atoms with E-state index < -0.39 is 16.7 Å². The number of unbranched alkanes of at least 4 members (excludes halogenated alkanes) is 1. The molecule has 0 aliphatic rings. The fourth-order valence-corrected chi connectivity index (χ4v) is 4.53. The van der Waals surface area contributed by atoms with Gasteiger partial charge in [-0.15, -0.1) is 0 Å². The molecule has 0 spiro atoms. The summed E-state index contributed by atoms with van der Waals surface area (Å²) in [6, 6.07) is 12.7. The van der Waals surface area contributed by atoms with Crippen molar-refractivity contribution in [1.82, 2.24) is 19.5 Å². The normalized spacial score (nSPS) is 11.4. The second-order valence-corrected chi connectivity index (χ2v) is 9.78. The van der Waals surface area contributed by atoms with E-state index in [0.29, 0.717) is 59.9 Å². The summed E-state index contributed by atoms with van der Waals surface area (Å²) in [6.07, 6.45) is 1.06. The quantitative estimate of drug-likeness (QED) is 0.0836. The van der Waals surface area contributed by atoms with Crippen LogP contribution in [0.5, 0.6) is 23.0 Å². The minimum atomic E-state index is -4.50. The smallest absolute Gasteiger partial charge is 0.434 e. The molecule has 0 unspecified atom stereocenters. The number of rotatable bonds is 12. The van der Waals surface area contributed by atoms with Crippen molar-refractivity contribution in [2.24, 2.45) is 0 Å². The van der Waals surface area contributed by atoms with Crippen LogP contribution in [0.2, 0.25) is 5.02 Å². The van der Waals surface area contributed by atoms with Crippen molar-refractivity contribution in [2.45, 2.75) is 25.6 Å². The predicted octanol–water partition coefficient (Wildman–Crippen LogP) is 7.81. The largest absolute Gasteiger partial charge is 0.493 e. The van der Waals surface area contributed by atoms with E-state index in [-0.39, 0.29) is 22.5 Å². The molecule has 0 amide bonds. The number of nitrogens with zero attached hydrogens (tertiary/aromatic N) is 5. The van der Waals surface area contributed by atoms with Crippen molar-refractivity contribution < 1.29 is 32.3 Å². The maximum Gasteiger partial charge on any atom is 0.434 e. The molecule has 5 rings (SSSR count). The van der Waals surface area contributed by atoms with Gasteiger partial charge in [0.15, 0.2) is 11.5 Å². The third kappa shape index (κ3) is 7.09. The number of aryl methyl sites for hydroxylation is 1. The molecule has 228 valence electrons. The average Bonchev–Trinajstić information content (AvgIpc) is 3.47. The number of aromatic nitrogens is 4. The summed E-state index contributed by atoms with van der Waals surface area (Å²) < 4.78 is 57.7. The number of hydrogen-bond donors (Lipinski definition) is 1. The lowest BCUT2D eigenvalue weighted by atomic mass is 10.2. The number of hydrogen-bond acceptors (Lipinski definition) is 9. The highest BCUT2D eigenvalue weighted by molar-refractivity contribution is 6.32. The lowest BCUT2D eigenvalue weighted by Crippen LogP contribution is -2.05. The molecule has 11 nitrogen and oxygen atoms in total. The van der Waals surface area contributed by atoms with Crippen LogP contribution in [0, 0.1) is 10.1 Å². The molecule has 0 radical (unpaired) electrons. The first kappa shape index (κ1) is 30.4. The number of fused-ring (bicyclic) bond motifs is 1. The molecular weight excluding hydrogens is 605 g/mol. The Morgan fingerprint density at radius 3 is 2.61 bits per heavy atom. The zero-order valence-corrected chi connectivity index (χ0v) is 23.8. The summed E-state index contributed by atoms with van der Waals surface area (Å²) in [5, 5.41) is 15.0. The van der Waals surface area contributed by atoms with Crippen LogP contribution < -0.4 is 19.5 Å². The van der Waals surface area contributed by atoms with Crippen molar-refractivity contribution in [3.8, 4) is 23.0 Å². The van der Waals surface area contributed by atoms with Gasteiger partial charge in [-0.25, -0.2) is 14.5 Å². The number of imidazole rings is 1. The van der Waals surface area contributed by atoms with Crippen molar-refractivity contribution >= 4 is 40.0 Å². The first-order valence-electron chi connectivity index (χ1n) is 13.1. The van der Waals surface area contributed by atoms with Crippen LogP contribution in [0.4, 0.5) is 30.6 Å². The van der Waals surface area contributed by atoms with Gasteiger partial charge in [0, 0.05) is 17.1 Å². The number of benzene rings is 3. The molecule has 44 heavy (non-hydrogen) atoms. The first-order valence-corrected chi connectivity index (χ1v) is 13.5. The highest BCUT2D eigenvalue weighted by Crippen LogP contribution is 2.38. The Kier molecular flexibility index (Phi) is 8.99. The zero-order chi connectivity index (χ0) is 31.3. The molecule has 2 aromatic heterocycles. The van der Waals surface area contributed by atoms with Crippen LogP contribution in [0.1, 0.15) is 18.4 Å². The lowest BCUT2D eigenvalue weighted by molar-refractivity contribution is -0.396. The summed E-state index contributed by atoms with van der Waals surface area (Å²) in [7, 11) is 1.51. The second-order valence-electron chi connectivity index (χ2n) is 9.37. The Balaban J connectivity index is 1.28. The minimum absolute atomic E-state index is 0.00579. The lowest BCUT2D eigenvalue weighted by Gasteiger charge is -2.15. The van der Waals surface area contributed by atoms with Gasteiger partial charge < -0.3 is 29.6 Å². The van der Waals surface area contributed by atoms with Crippen LogP contribution >= 0.6 is 11.6 Å². The van der Waals surface area contributed by atoms with E-state index in [0.717, 1.165) is 12.1 Å². The van der Waals surface area contributed by atoms with Gasteiger partial charge in [0.25, 0.3) is 0 Å². The number of ether oxygens (including phenoxy) is 3. The van der Waals surface area contributed by atoms with Gasteiger partial charge in [0.1, 0.15) is 36.0 Å². The van der Waals surface area contributed by atoms with Gasteiger partial charge in [-0.1, -0.05) is 22.7 Å². The number of nitro groups is 1. The molecule has 15 heteroatoms. The number of methoxy groups -OCH3 is 1. The molecule has 0 aliphatic heterocycles. The standard InChI is InChI=1S/C29H24ClF3N6O5/c1-42-25-16-23-21(15-26(25)43-12-3-2-10-38-11-9-34-28(38)39(40)41)27(36-17-35-23)37-19-7-8-24(22(30)14-19)44-20-6-4-5-18(13-20)29(31,32)33/h4-9,11,13-17H,2-3,10,12H2,1H3,(H,35,36,37). The molecule has 0 fully saturated rings. The Labute approximate surface area is 253 Å². The van der Waals surface area contributed by atoms with E-state index in [1.807, 2.05) is 0 Å². The predicted molar refractivity (Wildman–Crippen MR) is 156 cm³/mol. The van der Waals surface area contributed by atoms with Crippen molar-refractivity contribution in [3.63, 3.8) is 0 Å². The molecule has 5 aromatic rings. The van der Waals surface area contributed by atoms with Crippen molar-refractivity contribution in [2.75, 3.05) is 19.0 Å². The maximum absolute atomic E-state index is 13.1. The molecule has 0 aliphatic carbocycles. The summed E-state index contributed by atoms with van der Waals surface area (Å²) in [5.41, 5.74) is 0.286. The van der Waals surface area contributed by atoms with Crippen LogP contribution in [0.25, 0.3) is 10.9 Å². The van der Waals surface area contributed by atoms with E-state index in [9.17, 15) is 23.3 Å². The Morgan fingerprint density at radius 2 is 1.86 bits per heavy atom. The summed E-state index contributed by atoms with van der Waals surface area (Å²) >= 11 is 6.40. The molecular formula is C29H24ClF3N6O5. The molecule has 0 atom stereocenters. The summed E-state index contributed by atoms with van der Waals surface area (Å²) in [4.78, 5) is 22.9. The SMILES string of the molecule is COc1cc2ncnc(Nc3ccc(Oc4cccc(C(F)(F)F)c4)c(Cl)c3)c2cc1OCCCCn1ccnc1[N+](=O)[O-]. The minimum Gasteiger partial charge on any atom is -0.493 e. The molecule has 3 aromatic carbocycles. The third-order valence-corrected chi connectivity index (χ3v) is 6.71. The molecule has 1 N–H and O–H groups in total. The third-order valence-electron chi connectivity index (χ3n) is 6.41. The molecule has 0 saturated heterocycles. The van der Waals surface area contributed by atoms with Crippen LogP contribution in [-0.4, -0.2) is 38.2 Å². The Morgan fingerprint density at radius 1 is 1.02 bits per heavy atom. The number of anilines is 2. The highest BCUT2D eigenvalue weighted by Gasteiger charge is 2.30. The first-order chi connectivity index (χ1) is 21.1. The van der Waals surface area contributed by atoms with E-state index in [1.54, 1.807) is 30.5 Å². The zero-order valence-electron chi connectivity index (χ0n) is 23.0. The van der Waals surface area contributed by atoms with E-state index in [1.165, 1.54) is 42.4 Å². The molecule has 0 saturated carbocycles. The Hall–Kier alpha value is -5.11. The second kappa shape index (κ2) is 13.0. The van der Waals surface area contributed by atoms with Gasteiger partial charge in [0.05, 0.1) is 36.4 Å². The van der Waals surface area contributed by atoms with Gasteiger partial charge in [0.2, 0.25) is 0 Å². The van der Waals surface area contributed by atoms with Gasteiger partial charge in [-0.2, -0.15) is 13.2 Å². The number of nitrogens with one attached hydrogen (secondary N) is 1. The van der Waals surface area contributed by atoms with E-state index in [4.69, 9.17) is 25.8 Å². The van der Waals surface area contributed by atoms with Crippen molar-refractivity contribution in [1.29, 1.82) is 0 Å². The van der Waals surface area contributed by atoms with Gasteiger partial charge in [-0.3, -0.25) is 0 Å². The highest BCUT2D eigenvalue weighted by atomic mass is 35.5. The van der Waals surface area contributed by atoms with Crippen LogP contribution in [0.3, 0.4) is 0 Å². The fraction of sp³-hybridized carbons (Fsp3) is 0.207. The van der Waals surface area contributed by atoms with E-state index >= 15 is 0 Å². The maximum atomic E-state index is 13.1. The monoisotopic (exact) mass is 628 g/mol.